The van der Waals surface area contributed by atoms with E-state index in [9.17, 15) is 4.79 Å². The highest BCUT2D eigenvalue weighted by Gasteiger charge is 2.42. The van der Waals surface area contributed by atoms with Crippen LogP contribution in [0.1, 0.15) is 53.2 Å². The molecule has 3 aromatic rings. The highest BCUT2D eigenvalue weighted by molar-refractivity contribution is 5.95. The molecule has 9 heteroatoms. The number of H-pyrrole nitrogens is 1. The van der Waals surface area contributed by atoms with Gasteiger partial charge in [0.25, 0.3) is 5.91 Å². The average molecular weight is 503 g/mol. The number of carbonyl (C=O) groups is 1. The van der Waals surface area contributed by atoms with Crippen molar-refractivity contribution < 1.29 is 14.3 Å². The SMILES string of the molecule is O=C(c1cc(OCC2CCOCC2)nc(C2CC2)c1)N1C[C@H]2CN(Cc3ccc4n[nH]nc4c3)C[C@@H]2C1. The summed E-state index contributed by atoms with van der Waals surface area (Å²) in [7, 11) is 0. The number of nitrogens with zero attached hydrogens (tertiary/aromatic N) is 5. The molecule has 7 rings (SSSR count). The lowest BCUT2D eigenvalue weighted by molar-refractivity contribution is 0.0490. The largest absolute Gasteiger partial charge is 0.477 e. The maximum atomic E-state index is 13.6. The van der Waals surface area contributed by atoms with Crippen LogP contribution >= 0.6 is 0 Å². The van der Waals surface area contributed by atoms with Crippen molar-refractivity contribution in [3.8, 4) is 5.88 Å². The van der Waals surface area contributed by atoms with E-state index in [4.69, 9.17) is 14.5 Å². The molecular formula is C28H34N6O3. The van der Waals surface area contributed by atoms with Crippen LogP contribution in [0.2, 0.25) is 0 Å². The Morgan fingerprint density at radius 2 is 1.76 bits per heavy atom. The monoisotopic (exact) mass is 502 g/mol. The number of hydrogen-bond acceptors (Lipinski definition) is 7. The van der Waals surface area contributed by atoms with Gasteiger partial charge in [0.1, 0.15) is 11.0 Å². The number of hydrogen-bond donors (Lipinski definition) is 1. The van der Waals surface area contributed by atoms with E-state index in [0.717, 1.165) is 93.9 Å². The van der Waals surface area contributed by atoms with Crippen molar-refractivity contribution in [2.75, 3.05) is 46.0 Å². The summed E-state index contributed by atoms with van der Waals surface area (Å²) in [5, 5.41) is 11.0. The van der Waals surface area contributed by atoms with E-state index in [0.29, 0.717) is 36.2 Å². The van der Waals surface area contributed by atoms with Gasteiger partial charge in [-0.2, -0.15) is 15.4 Å². The number of pyridine rings is 1. The number of fused-ring (bicyclic) bond motifs is 2. The predicted octanol–water partition coefficient (Wildman–Crippen LogP) is 3.24. The van der Waals surface area contributed by atoms with E-state index in [1.54, 1.807) is 0 Å². The van der Waals surface area contributed by atoms with Gasteiger partial charge in [-0.3, -0.25) is 9.69 Å². The van der Waals surface area contributed by atoms with Crippen molar-refractivity contribution >= 4 is 16.9 Å². The molecule has 2 atom stereocenters. The van der Waals surface area contributed by atoms with Crippen LogP contribution in [0, 0.1) is 17.8 Å². The molecule has 0 bridgehead atoms. The van der Waals surface area contributed by atoms with Gasteiger partial charge in [-0.05, 0) is 67.2 Å². The van der Waals surface area contributed by atoms with Crippen LogP contribution in [-0.2, 0) is 11.3 Å². The first kappa shape index (κ1) is 23.1. The van der Waals surface area contributed by atoms with Crippen molar-refractivity contribution in [1.82, 2.24) is 30.2 Å². The molecule has 4 fully saturated rings. The lowest BCUT2D eigenvalue weighted by Crippen LogP contribution is -2.33. The number of carbonyl (C=O) groups excluding carboxylic acids is 1. The highest BCUT2D eigenvalue weighted by Crippen LogP contribution is 2.40. The van der Waals surface area contributed by atoms with Crippen LogP contribution in [0.15, 0.2) is 30.3 Å². The van der Waals surface area contributed by atoms with E-state index in [2.05, 4.69) is 37.3 Å². The van der Waals surface area contributed by atoms with Crippen molar-refractivity contribution in [2.45, 2.75) is 38.1 Å². The van der Waals surface area contributed by atoms with Gasteiger partial charge in [0.15, 0.2) is 0 Å². The molecule has 1 saturated carbocycles. The smallest absolute Gasteiger partial charge is 0.254 e. The van der Waals surface area contributed by atoms with Gasteiger partial charge in [-0.1, -0.05) is 6.07 Å². The molecule has 2 aromatic heterocycles. The number of likely N-dealkylation sites (tertiary alicyclic amines) is 2. The molecule has 5 heterocycles. The predicted molar refractivity (Wildman–Crippen MR) is 137 cm³/mol. The second-order valence-corrected chi connectivity index (χ2v) is 11.3. The lowest BCUT2D eigenvalue weighted by atomic mass is 10.0. The van der Waals surface area contributed by atoms with Gasteiger partial charge in [-0.15, -0.1) is 0 Å². The Balaban J connectivity index is 0.990. The second-order valence-electron chi connectivity index (χ2n) is 11.3. The molecule has 0 spiro atoms. The Labute approximate surface area is 216 Å². The third kappa shape index (κ3) is 4.94. The van der Waals surface area contributed by atoms with Crippen molar-refractivity contribution in [3.05, 3.63) is 47.2 Å². The van der Waals surface area contributed by atoms with Crippen LogP contribution in [0.5, 0.6) is 5.88 Å². The zero-order valence-corrected chi connectivity index (χ0v) is 21.1. The summed E-state index contributed by atoms with van der Waals surface area (Å²) in [4.78, 5) is 22.9. The Morgan fingerprint density at radius 1 is 0.973 bits per heavy atom. The van der Waals surface area contributed by atoms with Gasteiger partial charge < -0.3 is 14.4 Å². The molecule has 1 amide bonds. The highest BCUT2D eigenvalue weighted by atomic mass is 16.5. The number of rotatable bonds is 7. The molecule has 4 aliphatic rings. The molecule has 1 aliphatic carbocycles. The first-order valence-corrected chi connectivity index (χ1v) is 13.7. The summed E-state index contributed by atoms with van der Waals surface area (Å²) >= 11 is 0. The normalized spacial score (nSPS) is 24.6. The Kier molecular flexibility index (Phi) is 6.05. The van der Waals surface area contributed by atoms with Crippen LogP contribution in [0.25, 0.3) is 11.0 Å². The van der Waals surface area contributed by atoms with E-state index in [1.807, 2.05) is 18.2 Å². The van der Waals surface area contributed by atoms with E-state index in [1.165, 1.54) is 5.56 Å². The van der Waals surface area contributed by atoms with Gasteiger partial charge >= 0.3 is 0 Å². The van der Waals surface area contributed by atoms with Crippen LogP contribution in [-0.4, -0.2) is 82.1 Å². The van der Waals surface area contributed by atoms with Gasteiger partial charge in [-0.25, -0.2) is 4.98 Å². The number of aromatic nitrogens is 4. The lowest BCUT2D eigenvalue weighted by Gasteiger charge is -2.23. The minimum absolute atomic E-state index is 0.123. The van der Waals surface area contributed by atoms with Gasteiger partial charge in [0.2, 0.25) is 5.88 Å². The summed E-state index contributed by atoms with van der Waals surface area (Å²) in [6.45, 7) is 6.85. The standard InChI is InChI=1S/C28H34N6O3/c35-28(21-10-25(20-2-3-20)29-27(11-21)37-17-18-5-7-36-8-6-18)34-15-22-13-33(14-23(22)16-34)12-19-1-4-24-26(9-19)31-32-30-24/h1,4,9-11,18,20,22-23H,2-3,5-8,12-17H2,(H,30,31,32)/t22-,23-/m1/s1. The Morgan fingerprint density at radius 3 is 2.54 bits per heavy atom. The molecule has 9 nitrogen and oxygen atoms in total. The molecular weight excluding hydrogens is 468 g/mol. The quantitative estimate of drug-likeness (QED) is 0.530. The van der Waals surface area contributed by atoms with Gasteiger partial charge in [0.05, 0.1) is 6.61 Å². The fourth-order valence-corrected chi connectivity index (χ4v) is 6.24. The number of nitrogens with one attached hydrogen (secondary N) is 1. The third-order valence-electron chi connectivity index (χ3n) is 8.51. The Hall–Kier alpha value is -3.04. The molecule has 0 unspecified atom stereocenters. The van der Waals surface area contributed by atoms with E-state index >= 15 is 0 Å². The maximum Gasteiger partial charge on any atom is 0.254 e. The maximum absolute atomic E-state index is 13.6. The summed E-state index contributed by atoms with van der Waals surface area (Å²) in [5.41, 5.74) is 4.81. The average Bonchev–Trinajstić information content (AvgIpc) is 3.37. The van der Waals surface area contributed by atoms with E-state index in [-0.39, 0.29) is 5.91 Å². The summed E-state index contributed by atoms with van der Waals surface area (Å²) < 4.78 is 11.6. The van der Waals surface area contributed by atoms with Crippen LogP contribution in [0.4, 0.5) is 0 Å². The Bertz CT molecular complexity index is 1270. The molecule has 37 heavy (non-hydrogen) atoms. The number of aromatic amines is 1. The second kappa shape index (κ2) is 9.68. The van der Waals surface area contributed by atoms with Crippen molar-refractivity contribution in [1.29, 1.82) is 0 Å². The minimum atomic E-state index is 0.123. The van der Waals surface area contributed by atoms with E-state index < -0.39 is 0 Å². The zero-order chi connectivity index (χ0) is 24.8. The third-order valence-corrected chi connectivity index (χ3v) is 8.51. The fourth-order valence-electron chi connectivity index (χ4n) is 6.24. The molecule has 3 aliphatic heterocycles. The van der Waals surface area contributed by atoms with Crippen LogP contribution in [0.3, 0.4) is 0 Å². The van der Waals surface area contributed by atoms with Crippen molar-refractivity contribution in [2.24, 2.45) is 17.8 Å². The number of benzene rings is 1. The fraction of sp³-hybridized carbons (Fsp3) is 0.571. The first-order chi connectivity index (χ1) is 18.2. The van der Waals surface area contributed by atoms with Gasteiger partial charge in [0, 0.05) is 69.2 Å². The van der Waals surface area contributed by atoms with Crippen molar-refractivity contribution in [3.63, 3.8) is 0 Å². The summed E-state index contributed by atoms with van der Waals surface area (Å²) in [6, 6.07) is 10.2. The molecule has 3 saturated heterocycles. The van der Waals surface area contributed by atoms with Crippen LogP contribution < -0.4 is 4.74 Å². The molecule has 1 N–H and O–H groups in total. The first-order valence-electron chi connectivity index (χ1n) is 13.7. The number of ether oxygens (including phenoxy) is 2. The minimum Gasteiger partial charge on any atom is -0.477 e. The topological polar surface area (TPSA) is 96.5 Å². The zero-order valence-electron chi connectivity index (χ0n) is 21.1. The summed E-state index contributed by atoms with van der Waals surface area (Å²) in [6.07, 6.45) is 4.35. The molecule has 0 radical (unpaired) electrons. The number of amides is 1. The molecule has 194 valence electrons. The molecule has 1 aromatic carbocycles. The summed E-state index contributed by atoms with van der Waals surface area (Å²) in [5.74, 6) is 2.74.